The molecule has 0 bridgehead atoms. The van der Waals surface area contributed by atoms with E-state index in [0.29, 0.717) is 18.3 Å². The van der Waals surface area contributed by atoms with Crippen LogP contribution in [0.3, 0.4) is 0 Å². The fourth-order valence-electron chi connectivity index (χ4n) is 2.63. The van der Waals surface area contributed by atoms with Gasteiger partial charge in [-0.1, -0.05) is 19.3 Å². The van der Waals surface area contributed by atoms with Crippen LogP contribution in [0.2, 0.25) is 0 Å². The molecule has 0 radical (unpaired) electrons. The van der Waals surface area contributed by atoms with Crippen LogP contribution in [-0.4, -0.2) is 21.9 Å². The third-order valence-electron chi connectivity index (χ3n) is 3.52. The molecular formula is C13H20N4O. The zero-order valence-electron chi connectivity index (χ0n) is 10.5. The fraction of sp³-hybridized carbons (Fsp3) is 0.615. The lowest BCUT2D eigenvalue weighted by Gasteiger charge is -2.30. The van der Waals surface area contributed by atoms with Gasteiger partial charge in [-0.15, -0.1) is 0 Å². The van der Waals surface area contributed by atoms with Crippen molar-refractivity contribution in [2.75, 3.05) is 5.32 Å². The van der Waals surface area contributed by atoms with E-state index >= 15 is 0 Å². The van der Waals surface area contributed by atoms with Crippen molar-refractivity contribution in [1.82, 2.24) is 9.97 Å². The van der Waals surface area contributed by atoms with Crippen LogP contribution in [0.25, 0.3) is 0 Å². The quantitative estimate of drug-likeness (QED) is 0.831. The molecule has 1 unspecified atom stereocenters. The highest BCUT2D eigenvalue weighted by atomic mass is 16.1. The van der Waals surface area contributed by atoms with Crippen molar-refractivity contribution in [1.29, 1.82) is 0 Å². The number of carbonyl (C=O) groups is 1. The Hall–Kier alpha value is -1.65. The first kappa shape index (κ1) is 12.8. The maximum absolute atomic E-state index is 11.2. The molecule has 1 aliphatic rings. The molecule has 5 nitrogen and oxygen atoms in total. The number of hydrogen-bond donors (Lipinski definition) is 2. The van der Waals surface area contributed by atoms with E-state index in [4.69, 9.17) is 5.73 Å². The highest BCUT2D eigenvalue weighted by molar-refractivity contribution is 5.74. The van der Waals surface area contributed by atoms with E-state index in [2.05, 4.69) is 15.3 Å². The van der Waals surface area contributed by atoms with Crippen LogP contribution in [0.1, 0.15) is 38.5 Å². The summed E-state index contributed by atoms with van der Waals surface area (Å²) in [5.74, 6) is 0.804. The van der Waals surface area contributed by atoms with E-state index < -0.39 is 0 Å². The maximum atomic E-state index is 11.2. The smallest absolute Gasteiger partial charge is 0.222 e. The van der Waals surface area contributed by atoms with Crippen molar-refractivity contribution in [2.45, 2.75) is 44.6 Å². The van der Waals surface area contributed by atoms with Gasteiger partial charge in [-0.25, -0.2) is 9.97 Å². The molecule has 2 rings (SSSR count). The van der Waals surface area contributed by atoms with E-state index in [0.717, 1.165) is 12.8 Å². The summed E-state index contributed by atoms with van der Waals surface area (Å²) >= 11 is 0. The largest absolute Gasteiger partial charge is 0.370 e. The standard InChI is InChI=1S/C13H20N4O/c14-12(18)9-11(10-5-2-1-3-6-10)17-13-15-7-4-8-16-13/h4,7-8,10-11H,1-3,5-6,9H2,(H2,14,18)(H,15,16,17). The summed E-state index contributed by atoms with van der Waals surface area (Å²) in [7, 11) is 0. The Kier molecular flexibility index (Phi) is 4.50. The van der Waals surface area contributed by atoms with E-state index in [1.54, 1.807) is 18.5 Å². The second-order valence-electron chi connectivity index (χ2n) is 4.89. The molecule has 5 heteroatoms. The summed E-state index contributed by atoms with van der Waals surface area (Å²) in [5, 5.41) is 3.26. The molecule has 1 amide bonds. The number of carbonyl (C=O) groups excluding carboxylic acids is 1. The number of rotatable bonds is 5. The van der Waals surface area contributed by atoms with Gasteiger partial charge in [0, 0.05) is 24.9 Å². The molecule has 0 aliphatic heterocycles. The minimum atomic E-state index is -0.269. The van der Waals surface area contributed by atoms with Crippen LogP contribution in [0.15, 0.2) is 18.5 Å². The number of anilines is 1. The maximum Gasteiger partial charge on any atom is 0.222 e. The minimum Gasteiger partial charge on any atom is -0.370 e. The molecule has 0 spiro atoms. The van der Waals surface area contributed by atoms with Gasteiger partial charge in [-0.3, -0.25) is 4.79 Å². The summed E-state index contributed by atoms with van der Waals surface area (Å²) in [6.45, 7) is 0. The van der Waals surface area contributed by atoms with Crippen molar-refractivity contribution >= 4 is 11.9 Å². The lowest BCUT2D eigenvalue weighted by molar-refractivity contribution is -0.118. The topological polar surface area (TPSA) is 80.9 Å². The highest BCUT2D eigenvalue weighted by Crippen LogP contribution is 2.28. The molecule has 1 heterocycles. The monoisotopic (exact) mass is 248 g/mol. The Labute approximate surface area is 107 Å². The molecule has 98 valence electrons. The molecule has 1 fully saturated rings. The molecule has 1 aromatic rings. The molecule has 0 saturated heterocycles. The van der Waals surface area contributed by atoms with E-state index in [9.17, 15) is 4.79 Å². The SMILES string of the molecule is NC(=O)CC(Nc1ncccn1)C1CCCCC1. The molecule has 18 heavy (non-hydrogen) atoms. The summed E-state index contributed by atoms with van der Waals surface area (Å²) in [6, 6.07) is 1.83. The van der Waals surface area contributed by atoms with E-state index in [1.165, 1.54) is 19.3 Å². The molecule has 0 aromatic carbocycles. The van der Waals surface area contributed by atoms with Crippen molar-refractivity contribution in [3.63, 3.8) is 0 Å². The Morgan fingerprint density at radius 2 is 2.00 bits per heavy atom. The number of aromatic nitrogens is 2. The molecule has 1 saturated carbocycles. The first-order valence-corrected chi connectivity index (χ1v) is 6.57. The van der Waals surface area contributed by atoms with Gasteiger partial charge < -0.3 is 11.1 Å². The third kappa shape index (κ3) is 3.68. The van der Waals surface area contributed by atoms with Crippen molar-refractivity contribution < 1.29 is 4.79 Å². The molecule has 1 aliphatic carbocycles. The van der Waals surface area contributed by atoms with Gasteiger partial charge >= 0.3 is 0 Å². The first-order chi connectivity index (χ1) is 8.75. The van der Waals surface area contributed by atoms with Gasteiger partial charge in [0.2, 0.25) is 11.9 Å². The molecular weight excluding hydrogens is 228 g/mol. The van der Waals surface area contributed by atoms with Crippen molar-refractivity contribution in [3.8, 4) is 0 Å². The number of nitrogens with two attached hydrogens (primary N) is 1. The van der Waals surface area contributed by atoms with Gasteiger partial charge in [0.05, 0.1) is 0 Å². The predicted octanol–water partition coefficient (Wildman–Crippen LogP) is 1.71. The summed E-state index contributed by atoms with van der Waals surface area (Å²) < 4.78 is 0. The summed E-state index contributed by atoms with van der Waals surface area (Å²) in [4.78, 5) is 19.5. The van der Waals surface area contributed by atoms with E-state index in [1.807, 2.05) is 0 Å². The van der Waals surface area contributed by atoms with E-state index in [-0.39, 0.29) is 11.9 Å². The lowest BCUT2D eigenvalue weighted by Crippen LogP contribution is -2.35. The molecule has 1 atom stereocenters. The Bertz CT molecular complexity index is 376. The van der Waals surface area contributed by atoms with Crippen molar-refractivity contribution in [3.05, 3.63) is 18.5 Å². The second kappa shape index (κ2) is 6.33. The van der Waals surface area contributed by atoms with Crippen molar-refractivity contribution in [2.24, 2.45) is 11.7 Å². The Morgan fingerprint density at radius 3 is 2.61 bits per heavy atom. The first-order valence-electron chi connectivity index (χ1n) is 6.57. The lowest BCUT2D eigenvalue weighted by atomic mass is 9.82. The Morgan fingerprint density at radius 1 is 1.33 bits per heavy atom. The third-order valence-corrected chi connectivity index (χ3v) is 3.52. The minimum absolute atomic E-state index is 0.0604. The van der Waals surface area contributed by atoms with Crippen LogP contribution < -0.4 is 11.1 Å². The van der Waals surface area contributed by atoms with Crippen LogP contribution in [0, 0.1) is 5.92 Å². The highest BCUT2D eigenvalue weighted by Gasteiger charge is 2.25. The van der Waals surface area contributed by atoms with Crippen LogP contribution >= 0.6 is 0 Å². The normalized spacial score (nSPS) is 18.2. The summed E-state index contributed by atoms with van der Waals surface area (Å²) in [6.07, 6.45) is 9.80. The number of nitrogens with zero attached hydrogens (tertiary/aromatic N) is 2. The second-order valence-corrected chi connectivity index (χ2v) is 4.89. The average molecular weight is 248 g/mol. The zero-order valence-corrected chi connectivity index (χ0v) is 10.5. The van der Waals surface area contributed by atoms with Gasteiger partial charge in [0.15, 0.2) is 0 Å². The number of primary amides is 1. The van der Waals surface area contributed by atoms with Gasteiger partial charge in [0.1, 0.15) is 0 Å². The zero-order chi connectivity index (χ0) is 12.8. The number of nitrogens with one attached hydrogen (secondary N) is 1. The number of amides is 1. The Balaban J connectivity index is 2.02. The summed E-state index contributed by atoms with van der Waals surface area (Å²) in [5.41, 5.74) is 5.33. The molecule has 1 aromatic heterocycles. The van der Waals surface area contributed by atoms with Gasteiger partial charge in [-0.05, 0) is 24.8 Å². The van der Waals surface area contributed by atoms with Crippen LogP contribution in [0.4, 0.5) is 5.95 Å². The fourth-order valence-corrected chi connectivity index (χ4v) is 2.63. The van der Waals surface area contributed by atoms with Crippen LogP contribution in [-0.2, 0) is 4.79 Å². The van der Waals surface area contributed by atoms with Gasteiger partial charge in [0.25, 0.3) is 0 Å². The number of hydrogen-bond acceptors (Lipinski definition) is 4. The van der Waals surface area contributed by atoms with Gasteiger partial charge in [-0.2, -0.15) is 0 Å². The predicted molar refractivity (Wildman–Crippen MR) is 69.8 cm³/mol. The average Bonchev–Trinajstić information content (AvgIpc) is 2.40. The van der Waals surface area contributed by atoms with Crippen LogP contribution in [0.5, 0.6) is 0 Å². The molecule has 3 N–H and O–H groups in total.